The van der Waals surface area contributed by atoms with Gasteiger partial charge in [-0.05, 0) is 6.26 Å². The van der Waals surface area contributed by atoms with Crippen LogP contribution in [-0.2, 0) is 4.79 Å². The van der Waals surface area contributed by atoms with Gasteiger partial charge in [-0.3, -0.25) is 4.79 Å². The quantitative estimate of drug-likeness (QED) is 0.528. The number of hydrogen-bond acceptors (Lipinski definition) is 3. The van der Waals surface area contributed by atoms with Crippen LogP contribution < -0.4 is 5.32 Å². The second-order valence-corrected chi connectivity index (χ2v) is 3.02. The molecule has 0 aromatic heterocycles. The topological polar surface area (TPSA) is 49.3 Å². The highest BCUT2D eigenvalue weighted by molar-refractivity contribution is 7.99. The maximum Gasteiger partial charge on any atom is 0.235 e. The van der Waals surface area contributed by atoms with Gasteiger partial charge in [0.05, 0.1) is 5.25 Å². The minimum absolute atomic E-state index is 0.0417. The second kappa shape index (κ2) is 2.58. The zero-order chi connectivity index (χ0) is 6.85. The molecule has 2 N–H and O–H groups in total. The number of carbonyl (C=O) groups is 1. The summed E-state index contributed by atoms with van der Waals surface area (Å²) in [5.74, 6) is -0.0463. The number of aliphatic hydroxyl groups excluding tert-OH is 1. The molecule has 1 amide bonds. The van der Waals surface area contributed by atoms with Crippen LogP contribution in [0.25, 0.3) is 0 Å². The molecule has 0 aromatic rings. The zero-order valence-electron chi connectivity index (χ0n) is 5.13. The highest BCUT2D eigenvalue weighted by atomic mass is 32.2. The first-order chi connectivity index (χ1) is 4.24. The molecular weight excluding hydrogens is 138 g/mol. The molecule has 3 nitrogen and oxygen atoms in total. The number of hydrogen-bond donors (Lipinski definition) is 2. The first-order valence-electron chi connectivity index (χ1n) is 2.75. The SMILES string of the molecule is CSC1CC(O)NC1=O. The normalized spacial score (nSPS) is 34.7. The van der Waals surface area contributed by atoms with Crippen LogP contribution in [-0.4, -0.2) is 28.7 Å². The average Bonchev–Trinajstić information content (AvgIpc) is 2.10. The minimum atomic E-state index is -0.616. The van der Waals surface area contributed by atoms with Crippen molar-refractivity contribution in [1.82, 2.24) is 5.32 Å². The number of rotatable bonds is 1. The summed E-state index contributed by atoms with van der Waals surface area (Å²) in [6.07, 6.45) is 1.79. The third kappa shape index (κ3) is 1.37. The number of thioether (sulfide) groups is 1. The predicted molar refractivity (Wildman–Crippen MR) is 36.1 cm³/mol. The number of carbonyl (C=O) groups excluding carboxylic acids is 1. The Morgan fingerprint density at radius 3 is 2.78 bits per heavy atom. The monoisotopic (exact) mass is 147 g/mol. The molecule has 9 heavy (non-hydrogen) atoms. The second-order valence-electron chi connectivity index (χ2n) is 1.98. The highest BCUT2D eigenvalue weighted by Crippen LogP contribution is 2.17. The minimum Gasteiger partial charge on any atom is -0.374 e. The first-order valence-corrected chi connectivity index (χ1v) is 4.04. The van der Waals surface area contributed by atoms with Gasteiger partial charge < -0.3 is 10.4 Å². The molecular formula is C5H9NO2S. The Balaban J connectivity index is 2.48. The summed E-state index contributed by atoms with van der Waals surface area (Å²) in [6.45, 7) is 0. The molecule has 0 radical (unpaired) electrons. The van der Waals surface area contributed by atoms with Crippen LogP contribution >= 0.6 is 11.8 Å². The first kappa shape index (κ1) is 6.89. The van der Waals surface area contributed by atoms with Crippen molar-refractivity contribution in [1.29, 1.82) is 0 Å². The number of amides is 1. The van der Waals surface area contributed by atoms with Gasteiger partial charge in [-0.2, -0.15) is 11.8 Å². The van der Waals surface area contributed by atoms with E-state index in [4.69, 9.17) is 5.11 Å². The van der Waals surface area contributed by atoms with E-state index in [0.29, 0.717) is 6.42 Å². The Labute approximate surface area is 57.8 Å². The molecule has 0 aliphatic carbocycles. The summed E-state index contributed by atoms with van der Waals surface area (Å²) in [4.78, 5) is 10.7. The summed E-state index contributed by atoms with van der Waals surface area (Å²) in [7, 11) is 0. The Morgan fingerprint density at radius 1 is 1.89 bits per heavy atom. The largest absolute Gasteiger partial charge is 0.374 e. The van der Waals surface area contributed by atoms with E-state index < -0.39 is 6.23 Å². The summed E-state index contributed by atoms with van der Waals surface area (Å²) in [6, 6.07) is 0. The molecule has 2 atom stereocenters. The predicted octanol–water partition coefficient (Wildman–Crippen LogP) is -0.444. The van der Waals surface area contributed by atoms with Gasteiger partial charge in [0.1, 0.15) is 6.23 Å². The Hall–Kier alpha value is -0.220. The van der Waals surface area contributed by atoms with Crippen LogP contribution in [0.4, 0.5) is 0 Å². The van der Waals surface area contributed by atoms with Crippen molar-refractivity contribution in [2.45, 2.75) is 17.9 Å². The van der Waals surface area contributed by atoms with Crippen LogP contribution in [0.2, 0.25) is 0 Å². The summed E-state index contributed by atoms with van der Waals surface area (Å²) < 4.78 is 0. The van der Waals surface area contributed by atoms with Crippen molar-refractivity contribution in [3.05, 3.63) is 0 Å². The van der Waals surface area contributed by atoms with Gasteiger partial charge in [0, 0.05) is 6.42 Å². The van der Waals surface area contributed by atoms with Crippen molar-refractivity contribution in [3.63, 3.8) is 0 Å². The van der Waals surface area contributed by atoms with E-state index in [1.165, 1.54) is 11.8 Å². The molecule has 1 fully saturated rings. The van der Waals surface area contributed by atoms with Crippen molar-refractivity contribution >= 4 is 17.7 Å². The van der Waals surface area contributed by atoms with E-state index in [9.17, 15) is 4.79 Å². The third-order valence-electron chi connectivity index (χ3n) is 1.32. The van der Waals surface area contributed by atoms with E-state index in [-0.39, 0.29) is 11.2 Å². The van der Waals surface area contributed by atoms with Crippen LogP contribution in [0.1, 0.15) is 6.42 Å². The average molecular weight is 147 g/mol. The van der Waals surface area contributed by atoms with Gasteiger partial charge in [-0.25, -0.2) is 0 Å². The molecule has 1 saturated heterocycles. The highest BCUT2D eigenvalue weighted by Gasteiger charge is 2.29. The Bertz CT molecular complexity index is 128. The fraction of sp³-hybridized carbons (Fsp3) is 0.800. The van der Waals surface area contributed by atoms with E-state index in [0.717, 1.165) is 0 Å². The Morgan fingerprint density at radius 2 is 2.56 bits per heavy atom. The smallest absolute Gasteiger partial charge is 0.235 e. The van der Waals surface area contributed by atoms with E-state index in [1.54, 1.807) is 0 Å². The standard InChI is InChI=1S/C5H9NO2S/c1-9-3-2-4(7)6-5(3)8/h3-4,7H,2H2,1H3,(H,6,8). The fourth-order valence-electron chi connectivity index (χ4n) is 0.829. The van der Waals surface area contributed by atoms with Gasteiger partial charge in [0.2, 0.25) is 5.91 Å². The summed E-state index contributed by atoms with van der Waals surface area (Å²) in [5, 5.41) is 11.2. The molecule has 1 rings (SSSR count). The molecule has 0 spiro atoms. The summed E-state index contributed by atoms with van der Waals surface area (Å²) >= 11 is 1.47. The van der Waals surface area contributed by atoms with Gasteiger partial charge in [0.15, 0.2) is 0 Å². The van der Waals surface area contributed by atoms with Crippen molar-refractivity contribution < 1.29 is 9.90 Å². The molecule has 1 heterocycles. The fourth-order valence-corrected chi connectivity index (χ4v) is 1.49. The van der Waals surface area contributed by atoms with Crippen molar-refractivity contribution in [3.8, 4) is 0 Å². The van der Waals surface area contributed by atoms with Gasteiger partial charge >= 0.3 is 0 Å². The van der Waals surface area contributed by atoms with Crippen LogP contribution in [0.15, 0.2) is 0 Å². The molecule has 0 aromatic carbocycles. The maximum absolute atomic E-state index is 10.7. The molecule has 0 bridgehead atoms. The van der Waals surface area contributed by atoms with E-state index in [1.807, 2.05) is 6.26 Å². The maximum atomic E-state index is 10.7. The van der Waals surface area contributed by atoms with Crippen molar-refractivity contribution in [2.24, 2.45) is 0 Å². The molecule has 1 aliphatic heterocycles. The molecule has 1 aliphatic rings. The van der Waals surface area contributed by atoms with Gasteiger partial charge in [0.25, 0.3) is 0 Å². The molecule has 0 saturated carbocycles. The van der Waals surface area contributed by atoms with E-state index in [2.05, 4.69) is 5.32 Å². The lowest BCUT2D eigenvalue weighted by atomic mass is 10.3. The summed E-state index contributed by atoms with van der Waals surface area (Å²) in [5.41, 5.74) is 0. The van der Waals surface area contributed by atoms with Gasteiger partial charge in [-0.15, -0.1) is 0 Å². The van der Waals surface area contributed by atoms with E-state index >= 15 is 0 Å². The molecule has 2 unspecified atom stereocenters. The lowest BCUT2D eigenvalue weighted by molar-refractivity contribution is -0.119. The third-order valence-corrected chi connectivity index (χ3v) is 2.30. The van der Waals surface area contributed by atoms with Crippen LogP contribution in [0.5, 0.6) is 0 Å². The zero-order valence-corrected chi connectivity index (χ0v) is 5.94. The number of aliphatic hydroxyl groups is 1. The molecule has 52 valence electrons. The lowest BCUT2D eigenvalue weighted by Gasteiger charge is -1.97. The van der Waals surface area contributed by atoms with Crippen LogP contribution in [0, 0.1) is 0 Å². The molecule has 4 heteroatoms. The van der Waals surface area contributed by atoms with Crippen LogP contribution in [0.3, 0.4) is 0 Å². The Kier molecular flexibility index (Phi) is 1.97. The number of nitrogens with one attached hydrogen (secondary N) is 1. The van der Waals surface area contributed by atoms with Crippen molar-refractivity contribution in [2.75, 3.05) is 6.26 Å². The van der Waals surface area contributed by atoms with Gasteiger partial charge in [-0.1, -0.05) is 0 Å². The lowest BCUT2D eigenvalue weighted by Crippen LogP contribution is -2.26.